The molecule has 0 aliphatic heterocycles. The minimum Gasteiger partial charge on any atom is -0.310 e. The average Bonchev–Trinajstić information content (AvgIpc) is 2.47. The van der Waals surface area contributed by atoms with Gasteiger partial charge < -0.3 is 5.32 Å². The highest BCUT2D eigenvalue weighted by atomic mass is 35.5. The van der Waals surface area contributed by atoms with Gasteiger partial charge in [-0.15, -0.1) is 0 Å². The van der Waals surface area contributed by atoms with Crippen LogP contribution in [0, 0.1) is 5.82 Å². The van der Waals surface area contributed by atoms with Crippen LogP contribution in [0.4, 0.5) is 4.39 Å². The summed E-state index contributed by atoms with van der Waals surface area (Å²) in [5.41, 5.74) is 2.36. The second-order valence-electron chi connectivity index (χ2n) is 5.48. The highest BCUT2D eigenvalue weighted by Gasteiger charge is 2.17. The third kappa shape index (κ3) is 4.32. The van der Waals surface area contributed by atoms with E-state index in [1.165, 1.54) is 30.9 Å². The van der Waals surface area contributed by atoms with Crippen molar-refractivity contribution in [2.24, 2.45) is 0 Å². The first kappa shape index (κ1) is 15.5. The molecule has 1 unspecified atom stereocenters. The quantitative estimate of drug-likeness (QED) is 0.692. The topological polar surface area (TPSA) is 12.0 Å². The number of halogens is 2. The van der Waals surface area contributed by atoms with E-state index in [1.54, 1.807) is 12.1 Å². The highest BCUT2D eigenvalue weighted by Crippen LogP contribution is 2.31. The maximum Gasteiger partial charge on any atom is 0.123 e. The zero-order valence-corrected chi connectivity index (χ0v) is 12.8. The fourth-order valence-corrected chi connectivity index (χ4v) is 2.99. The molecule has 1 aliphatic rings. The van der Waals surface area contributed by atoms with Crippen LogP contribution in [-0.4, -0.2) is 6.54 Å². The number of hydrogen-bond donors (Lipinski definition) is 1. The Balaban J connectivity index is 2.17. The van der Waals surface area contributed by atoms with Crippen LogP contribution in [0.2, 0.25) is 5.02 Å². The van der Waals surface area contributed by atoms with Crippen LogP contribution in [0.3, 0.4) is 0 Å². The molecule has 20 heavy (non-hydrogen) atoms. The molecule has 1 aromatic carbocycles. The molecule has 0 fully saturated rings. The lowest BCUT2D eigenvalue weighted by Gasteiger charge is -2.23. The van der Waals surface area contributed by atoms with Crippen molar-refractivity contribution in [1.82, 2.24) is 5.32 Å². The van der Waals surface area contributed by atoms with Gasteiger partial charge in [0.2, 0.25) is 0 Å². The fourth-order valence-electron chi connectivity index (χ4n) is 2.74. The standard InChI is InChI=1S/C17H23ClFN/c1-2-10-20-17(11-13-6-4-3-5-7-13)15-12-14(19)8-9-16(15)18/h6,8-9,12,17,20H,2-5,7,10-11H2,1H3. The zero-order chi connectivity index (χ0) is 14.4. The first-order chi connectivity index (χ1) is 9.70. The van der Waals surface area contributed by atoms with Crippen molar-refractivity contribution in [2.75, 3.05) is 6.54 Å². The molecule has 0 bridgehead atoms. The molecular weight excluding hydrogens is 273 g/mol. The predicted molar refractivity (Wildman–Crippen MR) is 83.6 cm³/mol. The lowest BCUT2D eigenvalue weighted by molar-refractivity contribution is 0.508. The first-order valence-corrected chi connectivity index (χ1v) is 7.94. The second-order valence-corrected chi connectivity index (χ2v) is 5.89. The van der Waals surface area contributed by atoms with Gasteiger partial charge in [-0.05, 0) is 68.8 Å². The Hall–Kier alpha value is -0.860. The van der Waals surface area contributed by atoms with Crippen molar-refractivity contribution < 1.29 is 4.39 Å². The van der Waals surface area contributed by atoms with Crippen LogP contribution < -0.4 is 5.32 Å². The van der Waals surface area contributed by atoms with E-state index in [0.717, 1.165) is 31.4 Å². The number of nitrogens with one attached hydrogen (secondary N) is 1. The van der Waals surface area contributed by atoms with Gasteiger partial charge in [0, 0.05) is 11.1 Å². The molecule has 0 saturated carbocycles. The third-order valence-corrected chi connectivity index (χ3v) is 4.17. The Bertz CT molecular complexity index is 470. The van der Waals surface area contributed by atoms with Crippen molar-refractivity contribution in [2.45, 2.75) is 51.5 Å². The van der Waals surface area contributed by atoms with Crippen molar-refractivity contribution in [3.63, 3.8) is 0 Å². The van der Waals surface area contributed by atoms with Gasteiger partial charge in [-0.2, -0.15) is 0 Å². The number of allylic oxidation sites excluding steroid dienone is 1. The van der Waals surface area contributed by atoms with Gasteiger partial charge in [0.05, 0.1) is 0 Å². The lowest BCUT2D eigenvalue weighted by Crippen LogP contribution is -2.23. The van der Waals surface area contributed by atoms with Crippen molar-refractivity contribution in [1.29, 1.82) is 0 Å². The maximum absolute atomic E-state index is 13.5. The summed E-state index contributed by atoms with van der Waals surface area (Å²) in [7, 11) is 0. The molecule has 1 aliphatic carbocycles. The largest absolute Gasteiger partial charge is 0.310 e. The van der Waals surface area contributed by atoms with E-state index in [1.807, 2.05) is 0 Å². The van der Waals surface area contributed by atoms with Crippen molar-refractivity contribution >= 4 is 11.6 Å². The third-order valence-electron chi connectivity index (χ3n) is 3.83. The molecule has 0 heterocycles. The van der Waals surface area contributed by atoms with Crippen LogP contribution in [0.15, 0.2) is 29.8 Å². The van der Waals surface area contributed by atoms with E-state index in [9.17, 15) is 4.39 Å². The molecule has 3 heteroatoms. The van der Waals surface area contributed by atoms with Gasteiger partial charge in [-0.1, -0.05) is 30.2 Å². The molecule has 2 rings (SSSR count). The van der Waals surface area contributed by atoms with E-state index in [4.69, 9.17) is 11.6 Å². The molecule has 0 amide bonds. The minimum absolute atomic E-state index is 0.113. The van der Waals surface area contributed by atoms with Gasteiger partial charge in [0.15, 0.2) is 0 Å². The fraction of sp³-hybridized carbons (Fsp3) is 0.529. The van der Waals surface area contributed by atoms with Gasteiger partial charge in [0.25, 0.3) is 0 Å². The Kier molecular flexibility index (Phi) is 6.06. The minimum atomic E-state index is -0.217. The van der Waals surface area contributed by atoms with Crippen LogP contribution in [0.25, 0.3) is 0 Å². The first-order valence-electron chi connectivity index (χ1n) is 7.57. The summed E-state index contributed by atoms with van der Waals surface area (Å²) < 4.78 is 13.5. The molecule has 0 radical (unpaired) electrons. The molecule has 0 aromatic heterocycles. The van der Waals surface area contributed by atoms with Crippen LogP contribution in [0.5, 0.6) is 0 Å². The predicted octanol–water partition coefficient (Wildman–Crippen LogP) is 5.41. The van der Waals surface area contributed by atoms with Gasteiger partial charge in [-0.3, -0.25) is 0 Å². The Labute approximate surface area is 126 Å². The van der Waals surface area contributed by atoms with E-state index >= 15 is 0 Å². The molecule has 110 valence electrons. The van der Waals surface area contributed by atoms with Crippen LogP contribution in [0.1, 0.15) is 57.1 Å². The number of hydrogen-bond acceptors (Lipinski definition) is 1. The number of rotatable bonds is 6. The van der Waals surface area contributed by atoms with E-state index in [0.29, 0.717) is 5.02 Å². The lowest BCUT2D eigenvalue weighted by atomic mass is 9.91. The van der Waals surface area contributed by atoms with E-state index in [-0.39, 0.29) is 11.9 Å². The Morgan fingerprint density at radius 2 is 2.20 bits per heavy atom. The highest BCUT2D eigenvalue weighted by molar-refractivity contribution is 6.31. The van der Waals surface area contributed by atoms with E-state index < -0.39 is 0 Å². The maximum atomic E-state index is 13.5. The SMILES string of the molecule is CCCNC(CC1=CCCCC1)c1cc(F)ccc1Cl. The van der Waals surface area contributed by atoms with E-state index in [2.05, 4.69) is 18.3 Å². The van der Waals surface area contributed by atoms with Gasteiger partial charge in [0.1, 0.15) is 5.82 Å². The summed E-state index contributed by atoms with van der Waals surface area (Å²) in [6.07, 6.45) is 9.23. The van der Waals surface area contributed by atoms with Crippen LogP contribution in [-0.2, 0) is 0 Å². The molecule has 1 atom stereocenters. The van der Waals surface area contributed by atoms with Crippen molar-refractivity contribution in [3.8, 4) is 0 Å². The van der Waals surface area contributed by atoms with Gasteiger partial charge in [-0.25, -0.2) is 4.39 Å². The summed E-state index contributed by atoms with van der Waals surface area (Å²) in [5, 5.41) is 4.16. The molecule has 1 nitrogen and oxygen atoms in total. The second kappa shape index (κ2) is 7.80. The normalized spacial score (nSPS) is 16.9. The Morgan fingerprint density at radius 3 is 2.90 bits per heavy atom. The average molecular weight is 296 g/mol. The summed E-state index contributed by atoms with van der Waals surface area (Å²) in [6, 6.07) is 4.76. The van der Waals surface area contributed by atoms with Crippen LogP contribution >= 0.6 is 11.6 Å². The molecule has 1 N–H and O–H groups in total. The monoisotopic (exact) mass is 295 g/mol. The molecule has 1 aromatic rings. The summed E-state index contributed by atoms with van der Waals surface area (Å²) in [5.74, 6) is -0.217. The van der Waals surface area contributed by atoms with Crippen molar-refractivity contribution in [3.05, 3.63) is 46.3 Å². The van der Waals surface area contributed by atoms with Gasteiger partial charge >= 0.3 is 0 Å². The summed E-state index contributed by atoms with van der Waals surface area (Å²) in [4.78, 5) is 0. The summed E-state index contributed by atoms with van der Waals surface area (Å²) in [6.45, 7) is 3.06. The number of benzene rings is 1. The molecule has 0 saturated heterocycles. The smallest absolute Gasteiger partial charge is 0.123 e. The summed E-state index contributed by atoms with van der Waals surface area (Å²) >= 11 is 6.26. The Morgan fingerprint density at radius 1 is 1.35 bits per heavy atom. The molecular formula is C17H23ClFN. The zero-order valence-electron chi connectivity index (χ0n) is 12.1. The molecule has 0 spiro atoms.